The Morgan fingerprint density at radius 3 is 2.36 bits per heavy atom. The third-order valence-corrected chi connectivity index (χ3v) is 5.38. The average Bonchev–Trinajstić information content (AvgIpc) is 2.89. The van der Waals surface area contributed by atoms with Crippen molar-refractivity contribution in [1.82, 2.24) is 9.88 Å². The number of anilines is 2. The highest BCUT2D eigenvalue weighted by atomic mass is 16.5. The first-order valence-corrected chi connectivity index (χ1v) is 11.8. The zero-order valence-electron chi connectivity index (χ0n) is 20.6. The average molecular weight is 489 g/mol. The van der Waals surface area contributed by atoms with Crippen LogP contribution < -0.4 is 21.1 Å². The van der Waals surface area contributed by atoms with Crippen LogP contribution in [0.5, 0.6) is 5.75 Å². The molecule has 9 heteroatoms. The number of nitrogens with zero attached hydrogens (tertiary/aromatic N) is 2. The molecule has 0 aliphatic rings. The SMILES string of the molecule is CN(C)C(=N)c1ccc(C(=O)Nc2ccc(OCCCCCN)cc2C(=O)Nc2ccccn2)cc1. The number of ether oxygens (including phenoxy) is 1. The molecule has 0 unspecified atom stereocenters. The summed E-state index contributed by atoms with van der Waals surface area (Å²) in [5.41, 5.74) is 7.22. The fourth-order valence-corrected chi connectivity index (χ4v) is 3.38. The molecule has 0 atom stereocenters. The number of unbranched alkanes of at least 4 members (excludes halogenated alkanes) is 2. The summed E-state index contributed by atoms with van der Waals surface area (Å²) in [5, 5.41) is 13.6. The van der Waals surface area contributed by atoms with E-state index in [-0.39, 0.29) is 11.5 Å². The number of carbonyl (C=O) groups excluding carboxylic acids is 2. The van der Waals surface area contributed by atoms with Gasteiger partial charge < -0.3 is 26.0 Å². The first kappa shape index (κ1) is 26.4. The van der Waals surface area contributed by atoms with Crippen LogP contribution in [0.3, 0.4) is 0 Å². The lowest BCUT2D eigenvalue weighted by molar-refractivity contribution is 0.102. The highest BCUT2D eigenvalue weighted by Crippen LogP contribution is 2.24. The molecule has 3 rings (SSSR count). The Labute approximate surface area is 211 Å². The number of amidine groups is 1. The molecule has 0 saturated heterocycles. The van der Waals surface area contributed by atoms with Crippen LogP contribution in [0.15, 0.2) is 66.9 Å². The zero-order chi connectivity index (χ0) is 25.9. The predicted octanol–water partition coefficient (Wildman–Crippen LogP) is 3.98. The molecule has 5 N–H and O–H groups in total. The van der Waals surface area contributed by atoms with E-state index >= 15 is 0 Å². The van der Waals surface area contributed by atoms with E-state index in [4.69, 9.17) is 15.9 Å². The summed E-state index contributed by atoms with van der Waals surface area (Å²) in [6.07, 6.45) is 4.33. The van der Waals surface area contributed by atoms with Crippen LogP contribution in [0.2, 0.25) is 0 Å². The number of aromatic nitrogens is 1. The summed E-state index contributed by atoms with van der Waals surface area (Å²) in [4.78, 5) is 31.9. The van der Waals surface area contributed by atoms with Crippen molar-refractivity contribution in [2.75, 3.05) is 37.9 Å². The highest BCUT2D eigenvalue weighted by molar-refractivity contribution is 6.12. The normalized spacial score (nSPS) is 10.4. The molecule has 1 aromatic heterocycles. The first-order chi connectivity index (χ1) is 17.4. The lowest BCUT2D eigenvalue weighted by atomic mass is 10.1. The van der Waals surface area contributed by atoms with Crippen molar-refractivity contribution in [1.29, 1.82) is 5.41 Å². The van der Waals surface area contributed by atoms with Crippen LogP contribution in [-0.4, -0.2) is 54.8 Å². The molecule has 2 aromatic carbocycles. The maximum Gasteiger partial charge on any atom is 0.259 e. The lowest BCUT2D eigenvalue weighted by Gasteiger charge is -2.15. The molecule has 36 heavy (non-hydrogen) atoms. The van der Waals surface area contributed by atoms with E-state index in [2.05, 4.69) is 15.6 Å². The largest absolute Gasteiger partial charge is 0.494 e. The fraction of sp³-hybridized carbons (Fsp3) is 0.259. The van der Waals surface area contributed by atoms with Crippen molar-refractivity contribution in [3.63, 3.8) is 0 Å². The van der Waals surface area contributed by atoms with E-state index in [1.165, 1.54) is 0 Å². The van der Waals surface area contributed by atoms with Gasteiger partial charge in [0.15, 0.2) is 0 Å². The molecular weight excluding hydrogens is 456 g/mol. The molecule has 3 aromatic rings. The molecule has 0 saturated carbocycles. The molecule has 1 heterocycles. The maximum absolute atomic E-state index is 13.1. The van der Waals surface area contributed by atoms with E-state index in [9.17, 15) is 9.59 Å². The number of carbonyl (C=O) groups is 2. The Hall–Kier alpha value is -4.24. The van der Waals surface area contributed by atoms with Gasteiger partial charge in [0.2, 0.25) is 0 Å². The Kier molecular flexibility index (Phi) is 9.53. The number of benzene rings is 2. The van der Waals surface area contributed by atoms with Crippen molar-refractivity contribution in [2.45, 2.75) is 19.3 Å². The molecule has 9 nitrogen and oxygen atoms in total. The molecule has 0 fully saturated rings. The Bertz CT molecular complexity index is 1180. The minimum atomic E-state index is -0.424. The number of nitrogens with two attached hydrogens (primary N) is 1. The Balaban J connectivity index is 1.79. The summed E-state index contributed by atoms with van der Waals surface area (Å²) in [7, 11) is 3.57. The van der Waals surface area contributed by atoms with Gasteiger partial charge in [0, 0.05) is 31.4 Å². The maximum atomic E-state index is 13.1. The zero-order valence-corrected chi connectivity index (χ0v) is 20.6. The Morgan fingerprint density at radius 1 is 0.944 bits per heavy atom. The number of amides is 2. The number of rotatable bonds is 11. The van der Waals surface area contributed by atoms with Gasteiger partial charge in [0.05, 0.1) is 17.9 Å². The van der Waals surface area contributed by atoms with Gasteiger partial charge in [0.1, 0.15) is 17.4 Å². The van der Waals surface area contributed by atoms with Gasteiger partial charge in [-0.1, -0.05) is 18.2 Å². The summed E-state index contributed by atoms with van der Waals surface area (Å²) >= 11 is 0. The van der Waals surface area contributed by atoms with Gasteiger partial charge in [0.25, 0.3) is 11.8 Å². The van der Waals surface area contributed by atoms with Gasteiger partial charge in [-0.25, -0.2) is 4.98 Å². The summed E-state index contributed by atoms with van der Waals surface area (Å²) in [6, 6.07) is 16.9. The van der Waals surface area contributed by atoms with E-state index in [1.54, 1.807) is 85.9 Å². The lowest BCUT2D eigenvalue weighted by Crippen LogP contribution is -2.22. The van der Waals surface area contributed by atoms with Gasteiger partial charge in [-0.3, -0.25) is 15.0 Å². The summed E-state index contributed by atoms with van der Waals surface area (Å²) < 4.78 is 5.82. The molecule has 0 radical (unpaired) electrons. The highest BCUT2D eigenvalue weighted by Gasteiger charge is 2.17. The van der Waals surface area contributed by atoms with Crippen molar-refractivity contribution >= 4 is 29.2 Å². The topological polar surface area (TPSA) is 133 Å². The second kappa shape index (κ2) is 13.0. The first-order valence-electron chi connectivity index (χ1n) is 11.8. The minimum Gasteiger partial charge on any atom is -0.494 e. The van der Waals surface area contributed by atoms with E-state index < -0.39 is 5.91 Å². The summed E-state index contributed by atoms with van der Waals surface area (Å²) in [5.74, 6) is 0.465. The van der Waals surface area contributed by atoms with Crippen LogP contribution in [0, 0.1) is 5.41 Å². The standard InChI is InChI=1S/C27H32N6O3/c1-33(2)25(29)19-9-11-20(12-10-19)26(34)31-23-14-13-21(36-17-7-3-5-15-28)18-22(23)27(35)32-24-8-4-6-16-30-24/h4,6,8-14,16,18,29H,3,5,7,15,17,28H2,1-2H3,(H,31,34)(H,30,32,35). The fourth-order valence-electron chi connectivity index (χ4n) is 3.38. The van der Waals surface area contributed by atoms with Gasteiger partial charge in [-0.15, -0.1) is 0 Å². The molecule has 0 aliphatic heterocycles. The molecule has 2 amide bonds. The minimum absolute atomic E-state index is 0.250. The van der Waals surface area contributed by atoms with Crippen molar-refractivity contribution in [3.8, 4) is 5.75 Å². The van der Waals surface area contributed by atoms with Crippen LogP contribution >= 0.6 is 0 Å². The molecule has 0 aliphatic carbocycles. The summed E-state index contributed by atoms with van der Waals surface area (Å²) in [6.45, 7) is 1.15. The quantitative estimate of drug-likeness (QED) is 0.183. The second-order valence-corrected chi connectivity index (χ2v) is 8.35. The predicted molar refractivity (Wildman–Crippen MR) is 142 cm³/mol. The third-order valence-electron chi connectivity index (χ3n) is 5.38. The van der Waals surface area contributed by atoms with E-state index in [1.807, 2.05) is 0 Å². The number of pyridine rings is 1. The van der Waals surface area contributed by atoms with Crippen molar-refractivity contribution in [3.05, 3.63) is 83.6 Å². The van der Waals surface area contributed by atoms with Crippen LogP contribution in [0.25, 0.3) is 0 Å². The van der Waals surface area contributed by atoms with E-state index in [0.29, 0.717) is 47.4 Å². The molecule has 188 valence electrons. The van der Waals surface area contributed by atoms with Gasteiger partial charge in [-0.2, -0.15) is 0 Å². The smallest absolute Gasteiger partial charge is 0.259 e. The molecular formula is C27H32N6O3. The number of hydrogen-bond donors (Lipinski definition) is 4. The monoisotopic (exact) mass is 488 g/mol. The van der Waals surface area contributed by atoms with E-state index in [0.717, 1.165) is 19.3 Å². The van der Waals surface area contributed by atoms with Crippen molar-refractivity contribution in [2.24, 2.45) is 5.73 Å². The molecule has 0 bridgehead atoms. The van der Waals surface area contributed by atoms with Gasteiger partial charge in [-0.05, 0) is 68.3 Å². The van der Waals surface area contributed by atoms with Crippen LogP contribution in [0.1, 0.15) is 45.5 Å². The number of hydrogen-bond acceptors (Lipinski definition) is 6. The van der Waals surface area contributed by atoms with Gasteiger partial charge >= 0.3 is 0 Å². The third kappa shape index (κ3) is 7.38. The van der Waals surface area contributed by atoms with Crippen LogP contribution in [0.4, 0.5) is 11.5 Å². The molecule has 0 spiro atoms. The second-order valence-electron chi connectivity index (χ2n) is 8.35. The Morgan fingerprint density at radius 2 is 1.69 bits per heavy atom. The number of nitrogens with one attached hydrogen (secondary N) is 3. The van der Waals surface area contributed by atoms with Crippen LogP contribution in [-0.2, 0) is 0 Å². The van der Waals surface area contributed by atoms with Crippen molar-refractivity contribution < 1.29 is 14.3 Å².